The van der Waals surface area contributed by atoms with Crippen molar-refractivity contribution in [3.8, 4) is 0 Å². The molecule has 0 aromatic heterocycles. The number of rotatable bonds is 4. The van der Waals surface area contributed by atoms with Gasteiger partial charge in [0.2, 0.25) is 11.8 Å². The van der Waals surface area contributed by atoms with E-state index < -0.39 is 35.3 Å². The van der Waals surface area contributed by atoms with E-state index in [4.69, 9.17) is 0 Å². The lowest BCUT2D eigenvalue weighted by molar-refractivity contribution is -0.136. The predicted octanol–water partition coefficient (Wildman–Crippen LogP) is -0.613. The second-order valence-corrected chi connectivity index (χ2v) is 8.68. The molecule has 0 saturated carbocycles. The molecule has 4 aliphatic heterocycles. The lowest BCUT2D eigenvalue weighted by Gasteiger charge is -2.50. The minimum Gasteiger partial charge on any atom is -0.386 e. The Morgan fingerprint density at radius 2 is 1.90 bits per heavy atom. The van der Waals surface area contributed by atoms with Gasteiger partial charge in [-0.1, -0.05) is 12.1 Å². The monoisotopic (exact) mass is 412 g/mol. The second kappa shape index (κ2) is 6.97. The van der Waals surface area contributed by atoms with Crippen molar-refractivity contribution in [3.05, 3.63) is 34.9 Å². The van der Waals surface area contributed by atoms with E-state index in [1.165, 1.54) is 0 Å². The number of aliphatic hydroxyl groups is 1. The van der Waals surface area contributed by atoms with Crippen molar-refractivity contribution in [2.75, 3.05) is 19.6 Å². The quantitative estimate of drug-likeness (QED) is 0.564. The van der Waals surface area contributed by atoms with Crippen molar-refractivity contribution in [1.82, 2.24) is 20.4 Å². The van der Waals surface area contributed by atoms with Crippen molar-refractivity contribution in [2.24, 2.45) is 0 Å². The first-order valence-corrected chi connectivity index (χ1v) is 10.4. The van der Waals surface area contributed by atoms with Crippen LogP contribution in [0.3, 0.4) is 0 Å². The van der Waals surface area contributed by atoms with Gasteiger partial charge in [0, 0.05) is 32.1 Å². The molecule has 1 aromatic carbocycles. The van der Waals surface area contributed by atoms with E-state index in [1.54, 1.807) is 12.1 Å². The number of carbonyl (C=O) groups is 4. The van der Waals surface area contributed by atoms with Gasteiger partial charge in [0.25, 0.3) is 11.8 Å². The number of fused-ring (bicyclic) bond motifs is 1. The first-order chi connectivity index (χ1) is 14.4. The first kappa shape index (κ1) is 19.3. The summed E-state index contributed by atoms with van der Waals surface area (Å²) in [5, 5.41) is 16.4. The highest BCUT2D eigenvalue weighted by molar-refractivity contribution is 6.24. The Bertz CT molecular complexity index is 949. The number of carbonyl (C=O) groups excluding carboxylic acids is 4. The Kier molecular flexibility index (Phi) is 4.49. The minimum atomic E-state index is -0.967. The maximum Gasteiger partial charge on any atom is 0.262 e. The molecule has 2 atom stereocenters. The largest absolute Gasteiger partial charge is 0.386 e. The average Bonchev–Trinajstić information content (AvgIpc) is 3.30. The zero-order valence-corrected chi connectivity index (χ0v) is 16.5. The molecule has 0 bridgehead atoms. The number of nitrogens with zero attached hydrogens (tertiary/aromatic N) is 2. The number of likely N-dealkylation sites (tertiary alicyclic amines) is 1. The van der Waals surface area contributed by atoms with Crippen LogP contribution >= 0.6 is 0 Å². The Balaban J connectivity index is 1.34. The molecule has 3 N–H and O–H groups in total. The molecule has 2 unspecified atom stereocenters. The smallest absolute Gasteiger partial charge is 0.262 e. The van der Waals surface area contributed by atoms with Gasteiger partial charge in [0.05, 0.1) is 11.1 Å². The minimum absolute atomic E-state index is 0.0955. The average molecular weight is 412 g/mol. The fraction of sp³-hybridized carbons (Fsp3) is 0.524. The third-order valence-corrected chi connectivity index (χ3v) is 6.65. The van der Waals surface area contributed by atoms with Crippen LogP contribution in [0.15, 0.2) is 18.2 Å². The summed E-state index contributed by atoms with van der Waals surface area (Å²) in [6, 6.07) is 4.27. The topological polar surface area (TPSA) is 119 Å². The number of imide groups is 2. The highest BCUT2D eigenvalue weighted by Crippen LogP contribution is 2.34. The molecule has 0 spiro atoms. The van der Waals surface area contributed by atoms with Gasteiger partial charge in [-0.3, -0.25) is 34.3 Å². The lowest BCUT2D eigenvalue weighted by Crippen LogP contribution is -2.69. The summed E-state index contributed by atoms with van der Waals surface area (Å²) in [6.45, 7) is 2.38. The van der Waals surface area contributed by atoms with Gasteiger partial charge in [-0.15, -0.1) is 0 Å². The van der Waals surface area contributed by atoms with E-state index >= 15 is 0 Å². The Morgan fingerprint density at radius 3 is 2.60 bits per heavy atom. The van der Waals surface area contributed by atoms with Crippen LogP contribution in [0.25, 0.3) is 0 Å². The molecule has 3 saturated heterocycles. The van der Waals surface area contributed by atoms with E-state index in [1.807, 2.05) is 6.07 Å². The fourth-order valence-corrected chi connectivity index (χ4v) is 5.16. The molecule has 1 aromatic rings. The SMILES string of the molecule is O=C1CCC(N2C(=O)c3cccc(CN4CC(O)(C5CCCN5)C4)c3C2=O)C(=O)N1. The summed E-state index contributed by atoms with van der Waals surface area (Å²) in [7, 11) is 0. The van der Waals surface area contributed by atoms with Crippen molar-refractivity contribution in [1.29, 1.82) is 0 Å². The summed E-state index contributed by atoms with van der Waals surface area (Å²) in [6.07, 6.45) is 2.25. The second-order valence-electron chi connectivity index (χ2n) is 8.68. The van der Waals surface area contributed by atoms with E-state index in [0.717, 1.165) is 24.3 Å². The van der Waals surface area contributed by atoms with Gasteiger partial charge < -0.3 is 10.4 Å². The van der Waals surface area contributed by atoms with E-state index in [9.17, 15) is 24.3 Å². The number of piperidine rings is 1. The van der Waals surface area contributed by atoms with Crippen LogP contribution in [0.1, 0.15) is 52.0 Å². The highest BCUT2D eigenvalue weighted by Gasteiger charge is 2.49. The van der Waals surface area contributed by atoms with Crippen LogP contribution in [-0.4, -0.2) is 75.9 Å². The number of hydrogen-bond donors (Lipinski definition) is 3. The van der Waals surface area contributed by atoms with Gasteiger partial charge in [-0.25, -0.2) is 0 Å². The zero-order valence-electron chi connectivity index (χ0n) is 16.5. The Labute approximate surface area is 173 Å². The van der Waals surface area contributed by atoms with Crippen molar-refractivity contribution >= 4 is 23.6 Å². The standard InChI is InChI=1S/C21H24N4O5/c26-16-7-6-14(18(27)23-16)25-19(28)13-4-1-3-12(17(13)20(25)29)9-24-10-21(30,11-24)15-5-2-8-22-15/h1,3-4,14-15,22,30H,2,5-11H2,(H,23,26,27). The molecule has 0 radical (unpaired) electrons. The lowest BCUT2D eigenvalue weighted by atomic mass is 9.84. The van der Waals surface area contributed by atoms with Gasteiger partial charge in [0.1, 0.15) is 11.6 Å². The normalized spacial score (nSPS) is 28.5. The molecule has 9 heteroatoms. The molecular formula is C21H24N4O5. The van der Waals surface area contributed by atoms with Crippen molar-refractivity contribution < 1.29 is 24.3 Å². The van der Waals surface area contributed by atoms with Gasteiger partial charge in [-0.2, -0.15) is 0 Å². The van der Waals surface area contributed by atoms with Crippen molar-refractivity contribution in [2.45, 2.75) is 49.9 Å². The Morgan fingerprint density at radius 1 is 1.10 bits per heavy atom. The van der Waals surface area contributed by atoms with Gasteiger partial charge in [-0.05, 0) is 37.4 Å². The highest BCUT2D eigenvalue weighted by atomic mass is 16.3. The fourth-order valence-electron chi connectivity index (χ4n) is 5.16. The molecule has 5 rings (SSSR count). The van der Waals surface area contributed by atoms with Crippen LogP contribution in [-0.2, 0) is 16.1 Å². The number of amides is 4. The molecule has 4 aliphatic rings. The van der Waals surface area contributed by atoms with E-state index in [2.05, 4.69) is 15.5 Å². The van der Waals surface area contributed by atoms with Crippen LogP contribution in [0, 0.1) is 0 Å². The van der Waals surface area contributed by atoms with Gasteiger partial charge >= 0.3 is 0 Å². The molecule has 3 fully saturated rings. The number of β-amino-alcohol motifs (C(OH)–C–C–N with tert-alkyl or cyclic N) is 1. The summed E-state index contributed by atoms with van der Waals surface area (Å²) in [4.78, 5) is 52.8. The van der Waals surface area contributed by atoms with Crippen LogP contribution in [0.5, 0.6) is 0 Å². The molecule has 0 aliphatic carbocycles. The van der Waals surface area contributed by atoms with E-state index in [-0.39, 0.29) is 24.4 Å². The summed E-state index contributed by atoms with van der Waals surface area (Å²) < 4.78 is 0. The zero-order chi connectivity index (χ0) is 21.0. The van der Waals surface area contributed by atoms with Crippen LogP contribution in [0.2, 0.25) is 0 Å². The third-order valence-electron chi connectivity index (χ3n) is 6.65. The molecule has 158 valence electrons. The molecule has 4 amide bonds. The summed E-state index contributed by atoms with van der Waals surface area (Å²) in [5.41, 5.74) is 0.562. The molecular weight excluding hydrogens is 388 g/mol. The van der Waals surface area contributed by atoms with Gasteiger partial charge in [0.15, 0.2) is 0 Å². The van der Waals surface area contributed by atoms with Crippen molar-refractivity contribution in [3.63, 3.8) is 0 Å². The molecule has 4 heterocycles. The maximum absolute atomic E-state index is 13.1. The summed E-state index contributed by atoms with van der Waals surface area (Å²) >= 11 is 0. The maximum atomic E-state index is 13.1. The number of benzene rings is 1. The molecule has 30 heavy (non-hydrogen) atoms. The van der Waals surface area contributed by atoms with E-state index in [0.29, 0.717) is 30.8 Å². The Hall–Kier alpha value is -2.62. The third kappa shape index (κ3) is 2.96. The predicted molar refractivity (Wildman–Crippen MR) is 104 cm³/mol. The van der Waals surface area contributed by atoms with Crippen LogP contribution in [0.4, 0.5) is 0 Å². The summed E-state index contributed by atoms with van der Waals surface area (Å²) in [5.74, 6) is -2.00. The number of hydrogen-bond acceptors (Lipinski definition) is 7. The van der Waals surface area contributed by atoms with Crippen LogP contribution < -0.4 is 10.6 Å². The first-order valence-electron chi connectivity index (χ1n) is 10.4. The number of nitrogens with one attached hydrogen (secondary N) is 2. The molecule has 9 nitrogen and oxygen atoms in total.